The Kier molecular flexibility index (Phi) is 5.77. The summed E-state index contributed by atoms with van der Waals surface area (Å²) in [6, 6.07) is 13.8. The van der Waals surface area contributed by atoms with Crippen LogP contribution in [-0.2, 0) is 6.42 Å². The van der Waals surface area contributed by atoms with Crippen LogP contribution in [-0.4, -0.2) is 51.5 Å². The zero-order valence-corrected chi connectivity index (χ0v) is 18.1. The maximum absolute atomic E-state index is 12.8. The van der Waals surface area contributed by atoms with Crippen LogP contribution in [0.5, 0.6) is 11.5 Å². The van der Waals surface area contributed by atoms with Crippen molar-refractivity contribution in [2.24, 2.45) is 0 Å². The zero-order valence-electron chi connectivity index (χ0n) is 18.1. The lowest BCUT2D eigenvalue weighted by molar-refractivity contribution is 0.102. The summed E-state index contributed by atoms with van der Waals surface area (Å²) in [6.45, 7) is 4.44. The van der Waals surface area contributed by atoms with E-state index in [1.54, 1.807) is 24.4 Å². The summed E-state index contributed by atoms with van der Waals surface area (Å²) < 4.78 is 12.7. The van der Waals surface area contributed by atoms with Crippen LogP contribution in [0.25, 0.3) is 0 Å². The maximum atomic E-state index is 12.8. The molecule has 32 heavy (non-hydrogen) atoms. The molecule has 5 rings (SSSR count). The van der Waals surface area contributed by atoms with E-state index in [2.05, 4.69) is 33.3 Å². The van der Waals surface area contributed by atoms with Crippen LogP contribution < -0.4 is 14.8 Å². The van der Waals surface area contributed by atoms with Crippen LogP contribution in [0.15, 0.2) is 54.9 Å². The molecule has 8 heteroatoms. The number of likely N-dealkylation sites (tertiary alicyclic amines) is 1. The fourth-order valence-electron chi connectivity index (χ4n) is 4.45. The highest BCUT2D eigenvalue weighted by molar-refractivity contribution is 6.04. The molecule has 1 saturated heterocycles. The number of hydrogen-bond donors (Lipinski definition) is 1. The molecular formula is C24H27N5O3. The number of rotatable bonds is 6. The Bertz CT molecular complexity index is 1080. The van der Waals surface area contributed by atoms with Gasteiger partial charge in [-0.3, -0.25) is 9.78 Å². The SMILES string of the molecule is CC(Cc1ccccn1)N1CCC(n2nccc2NC(=O)c2ccc3c(c2)OCO3)CC1. The van der Waals surface area contributed by atoms with Crippen molar-refractivity contribution in [2.45, 2.75) is 38.3 Å². The van der Waals surface area contributed by atoms with Crippen molar-refractivity contribution < 1.29 is 14.3 Å². The second kappa shape index (κ2) is 9.00. The van der Waals surface area contributed by atoms with Crippen molar-refractivity contribution in [1.82, 2.24) is 19.7 Å². The van der Waals surface area contributed by atoms with Crippen molar-refractivity contribution in [3.8, 4) is 11.5 Å². The predicted octanol–water partition coefficient (Wildman–Crippen LogP) is 3.53. The number of anilines is 1. The highest BCUT2D eigenvalue weighted by Crippen LogP contribution is 2.33. The number of piperidine rings is 1. The summed E-state index contributed by atoms with van der Waals surface area (Å²) in [4.78, 5) is 19.8. The Labute approximate surface area is 187 Å². The van der Waals surface area contributed by atoms with Gasteiger partial charge in [0.15, 0.2) is 11.5 Å². The number of aromatic nitrogens is 3. The Morgan fingerprint density at radius 1 is 1.12 bits per heavy atom. The van der Waals surface area contributed by atoms with E-state index in [4.69, 9.17) is 9.47 Å². The number of hydrogen-bond acceptors (Lipinski definition) is 6. The third-order valence-corrected chi connectivity index (χ3v) is 6.25. The van der Waals surface area contributed by atoms with Crippen LogP contribution >= 0.6 is 0 Å². The van der Waals surface area contributed by atoms with Crippen molar-refractivity contribution in [1.29, 1.82) is 0 Å². The Morgan fingerprint density at radius 3 is 2.78 bits per heavy atom. The second-order valence-corrected chi connectivity index (χ2v) is 8.32. The fraction of sp³-hybridized carbons (Fsp3) is 0.375. The molecule has 4 heterocycles. The third kappa shape index (κ3) is 4.31. The number of nitrogens with zero attached hydrogens (tertiary/aromatic N) is 4. The molecule has 2 aromatic heterocycles. The normalized spacial score (nSPS) is 17.3. The summed E-state index contributed by atoms with van der Waals surface area (Å²) in [5, 5.41) is 7.52. The first-order valence-electron chi connectivity index (χ1n) is 11.1. The molecule has 8 nitrogen and oxygen atoms in total. The number of ether oxygens (including phenoxy) is 2. The number of carbonyl (C=O) groups excluding carboxylic acids is 1. The number of nitrogens with one attached hydrogen (secondary N) is 1. The predicted molar refractivity (Wildman–Crippen MR) is 120 cm³/mol. The Hall–Kier alpha value is -3.39. The molecular weight excluding hydrogens is 406 g/mol. The molecule has 1 fully saturated rings. The van der Waals surface area contributed by atoms with Gasteiger partial charge in [0.05, 0.1) is 12.2 Å². The molecule has 1 atom stereocenters. The number of amides is 1. The van der Waals surface area contributed by atoms with Gasteiger partial charge in [0.1, 0.15) is 5.82 Å². The lowest BCUT2D eigenvalue weighted by Gasteiger charge is -2.36. The minimum atomic E-state index is -0.188. The van der Waals surface area contributed by atoms with E-state index in [0.29, 0.717) is 28.9 Å². The summed E-state index contributed by atoms with van der Waals surface area (Å²) in [5.74, 6) is 1.79. The quantitative estimate of drug-likeness (QED) is 0.641. The minimum Gasteiger partial charge on any atom is -0.454 e. The van der Waals surface area contributed by atoms with Gasteiger partial charge in [-0.25, -0.2) is 4.68 Å². The largest absolute Gasteiger partial charge is 0.454 e. The summed E-state index contributed by atoms with van der Waals surface area (Å²) >= 11 is 0. The molecule has 166 valence electrons. The molecule has 1 amide bonds. The molecule has 1 unspecified atom stereocenters. The van der Waals surface area contributed by atoms with Crippen LogP contribution in [0.1, 0.15) is 41.9 Å². The second-order valence-electron chi connectivity index (χ2n) is 8.32. The average molecular weight is 434 g/mol. The molecule has 2 aliphatic heterocycles. The first-order chi connectivity index (χ1) is 15.7. The van der Waals surface area contributed by atoms with Gasteiger partial charge in [0.25, 0.3) is 5.91 Å². The number of benzene rings is 1. The topological polar surface area (TPSA) is 81.5 Å². The van der Waals surface area contributed by atoms with Gasteiger partial charge in [-0.1, -0.05) is 6.07 Å². The average Bonchev–Trinajstić information content (AvgIpc) is 3.48. The van der Waals surface area contributed by atoms with Gasteiger partial charge in [-0.15, -0.1) is 0 Å². The number of fused-ring (bicyclic) bond motifs is 1. The molecule has 2 aliphatic rings. The van der Waals surface area contributed by atoms with Crippen LogP contribution in [0.2, 0.25) is 0 Å². The molecule has 1 N–H and O–H groups in total. The van der Waals surface area contributed by atoms with Crippen LogP contribution in [0.3, 0.4) is 0 Å². The highest BCUT2D eigenvalue weighted by atomic mass is 16.7. The standard InChI is InChI=1S/C24H27N5O3/c1-17(14-19-4-2-3-10-25-19)28-12-8-20(9-13-28)29-23(7-11-26-29)27-24(30)18-5-6-21-22(15-18)32-16-31-21/h2-7,10-11,15,17,20H,8-9,12-14,16H2,1H3,(H,27,30). The Morgan fingerprint density at radius 2 is 1.97 bits per heavy atom. The molecule has 0 aliphatic carbocycles. The van der Waals surface area contributed by atoms with Crippen LogP contribution in [0, 0.1) is 0 Å². The lowest BCUT2D eigenvalue weighted by Crippen LogP contribution is -2.41. The molecule has 1 aromatic carbocycles. The summed E-state index contributed by atoms with van der Waals surface area (Å²) in [7, 11) is 0. The van der Waals surface area contributed by atoms with E-state index in [0.717, 1.165) is 38.0 Å². The molecule has 0 saturated carbocycles. The number of carbonyl (C=O) groups is 1. The molecule has 3 aromatic rings. The smallest absolute Gasteiger partial charge is 0.256 e. The Balaban J connectivity index is 1.19. The minimum absolute atomic E-state index is 0.187. The number of pyridine rings is 1. The first kappa shape index (κ1) is 20.5. The summed E-state index contributed by atoms with van der Waals surface area (Å²) in [6.07, 6.45) is 6.52. The van der Waals surface area contributed by atoms with E-state index in [-0.39, 0.29) is 18.7 Å². The first-order valence-corrected chi connectivity index (χ1v) is 11.1. The monoisotopic (exact) mass is 433 g/mol. The van der Waals surface area contributed by atoms with E-state index >= 15 is 0 Å². The van der Waals surface area contributed by atoms with E-state index in [9.17, 15) is 4.79 Å². The maximum Gasteiger partial charge on any atom is 0.256 e. The highest BCUT2D eigenvalue weighted by Gasteiger charge is 2.26. The van der Waals surface area contributed by atoms with Crippen molar-refractivity contribution in [3.63, 3.8) is 0 Å². The zero-order chi connectivity index (χ0) is 21.9. The van der Waals surface area contributed by atoms with E-state index < -0.39 is 0 Å². The molecule has 0 radical (unpaired) electrons. The van der Waals surface area contributed by atoms with Crippen molar-refractivity contribution in [3.05, 3.63) is 66.1 Å². The lowest BCUT2D eigenvalue weighted by atomic mass is 10.0. The van der Waals surface area contributed by atoms with Crippen molar-refractivity contribution >= 4 is 11.7 Å². The van der Waals surface area contributed by atoms with Gasteiger partial charge in [0.2, 0.25) is 6.79 Å². The molecule has 0 spiro atoms. The van der Waals surface area contributed by atoms with Gasteiger partial charge >= 0.3 is 0 Å². The van der Waals surface area contributed by atoms with Gasteiger partial charge in [-0.05, 0) is 50.1 Å². The van der Waals surface area contributed by atoms with E-state index in [1.807, 2.05) is 29.1 Å². The fourth-order valence-corrected chi connectivity index (χ4v) is 4.45. The summed E-state index contributed by atoms with van der Waals surface area (Å²) in [5.41, 5.74) is 1.66. The van der Waals surface area contributed by atoms with Gasteiger partial charge in [-0.2, -0.15) is 5.10 Å². The van der Waals surface area contributed by atoms with Gasteiger partial charge < -0.3 is 19.7 Å². The van der Waals surface area contributed by atoms with Crippen molar-refractivity contribution in [2.75, 3.05) is 25.2 Å². The van der Waals surface area contributed by atoms with Crippen LogP contribution in [0.4, 0.5) is 5.82 Å². The molecule has 0 bridgehead atoms. The van der Waals surface area contributed by atoms with Gasteiger partial charge in [0, 0.05) is 49.1 Å². The van der Waals surface area contributed by atoms with E-state index in [1.165, 1.54) is 0 Å². The third-order valence-electron chi connectivity index (χ3n) is 6.25.